The molecule has 0 radical (unpaired) electrons. The van der Waals surface area contributed by atoms with Gasteiger partial charge in [-0.2, -0.15) is 0 Å². The standard InChI is InChI=1S/C24H27FN4O5S/c1-34-24(31)20-21(29(32)33)22(35-23(20)27-9-8-14(11-27)12-30)15-6-7-19-17(10-15)26-13-28(19)18-5-3-2-4-16(18)25/h6-7,10,13-14,16,18,30H,2-5,8-9,11-12H2,1H3/t14?,16-,18-/m1/s1. The number of anilines is 1. The summed E-state index contributed by atoms with van der Waals surface area (Å²) in [6, 6.07) is 5.08. The van der Waals surface area contributed by atoms with Crippen molar-refractivity contribution in [2.24, 2.45) is 5.92 Å². The van der Waals surface area contributed by atoms with Crippen LogP contribution in [0.1, 0.15) is 48.5 Å². The van der Waals surface area contributed by atoms with Crippen molar-refractivity contribution in [1.29, 1.82) is 0 Å². The number of aliphatic hydroxyl groups excluding tert-OH is 1. The number of rotatable bonds is 6. The number of fused-ring (bicyclic) bond motifs is 1. The molecule has 1 N–H and O–H groups in total. The van der Waals surface area contributed by atoms with Gasteiger partial charge in [0.05, 0.1) is 35.4 Å². The zero-order valence-corrected chi connectivity index (χ0v) is 20.2. The highest BCUT2D eigenvalue weighted by Crippen LogP contribution is 2.49. The van der Waals surface area contributed by atoms with Crippen molar-refractivity contribution >= 4 is 39.0 Å². The molecule has 2 aliphatic rings. The van der Waals surface area contributed by atoms with E-state index in [1.165, 1.54) is 18.4 Å². The van der Waals surface area contributed by atoms with Crippen LogP contribution in [0.25, 0.3) is 21.5 Å². The van der Waals surface area contributed by atoms with Crippen LogP contribution in [-0.2, 0) is 4.74 Å². The topological polar surface area (TPSA) is 111 Å². The number of imidazole rings is 1. The second-order valence-electron chi connectivity index (χ2n) is 9.22. The van der Waals surface area contributed by atoms with Gasteiger partial charge in [-0.05, 0) is 31.4 Å². The average Bonchev–Trinajstić information content (AvgIpc) is 3.59. The lowest BCUT2D eigenvalue weighted by molar-refractivity contribution is -0.384. The Kier molecular flexibility index (Phi) is 6.45. The normalized spacial score (nSPS) is 22.6. The second kappa shape index (κ2) is 9.54. The Labute approximate surface area is 205 Å². The number of halogens is 1. The van der Waals surface area contributed by atoms with Crippen molar-refractivity contribution in [2.45, 2.75) is 44.3 Å². The molecule has 1 aliphatic carbocycles. The van der Waals surface area contributed by atoms with Gasteiger partial charge < -0.3 is 19.3 Å². The number of esters is 1. The van der Waals surface area contributed by atoms with Gasteiger partial charge in [0.2, 0.25) is 0 Å². The molecule has 11 heteroatoms. The van der Waals surface area contributed by atoms with Crippen LogP contribution in [0.3, 0.4) is 0 Å². The number of carbonyl (C=O) groups is 1. The molecule has 3 aromatic rings. The molecule has 2 aromatic heterocycles. The molecule has 9 nitrogen and oxygen atoms in total. The number of hydrogen-bond donors (Lipinski definition) is 1. The van der Waals surface area contributed by atoms with E-state index in [9.17, 15) is 24.4 Å². The SMILES string of the molecule is COC(=O)c1c(N2CCC(CO)C2)sc(-c2ccc3c(c2)ncn3[C@@H]2CCCC[C@H]2F)c1[N+](=O)[O-]. The predicted molar refractivity (Wildman–Crippen MR) is 131 cm³/mol. The van der Waals surface area contributed by atoms with E-state index in [-0.39, 0.29) is 29.8 Å². The predicted octanol–water partition coefficient (Wildman–Crippen LogP) is 4.73. The number of nitrogens with zero attached hydrogens (tertiary/aromatic N) is 4. The van der Waals surface area contributed by atoms with E-state index in [4.69, 9.17) is 4.74 Å². The highest BCUT2D eigenvalue weighted by Gasteiger charge is 2.38. The summed E-state index contributed by atoms with van der Waals surface area (Å²) in [4.78, 5) is 31.0. The maximum absolute atomic E-state index is 14.6. The zero-order chi connectivity index (χ0) is 24.7. The molecule has 1 unspecified atom stereocenters. The molecular weight excluding hydrogens is 475 g/mol. The number of thiophene rings is 1. The number of nitro groups is 1. The summed E-state index contributed by atoms with van der Waals surface area (Å²) in [7, 11) is 1.20. The Balaban J connectivity index is 1.60. The summed E-state index contributed by atoms with van der Waals surface area (Å²) in [6.45, 7) is 1.11. The Morgan fingerprint density at radius 1 is 1.34 bits per heavy atom. The van der Waals surface area contributed by atoms with Gasteiger partial charge in [-0.15, -0.1) is 11.3 Å². The van der Waals surface area contributed by atoms with Crippen molar-refractivity contribution in [3.63, 3.8) is 0 Å². The Morgan fingerprint density at radius 3 is 2.83 bits per heavy atom. The van der Waals surface area contributed by atoms with E-state index >= 15 is 0 Å². The number of carbonyl (C=O) groups excluding carboxylic acids is 1. The first-order valence-corrected chi connectivity index (χ1v) is 12.6. The van der Waals surface area contributed by atoms with Gasteiger partial charge in [-0.25, -0.2) is 14.2 Å². The van der Waals surface area contributed by atoms with Crippen LogP contribution in [0.5, 0.6) is 0 Å². The Morgan fingerprint density at radius 2 is 2.14 bits per heavy atom. The molecule has 0 amide bonds. The number of benzene rings is 1. The smallest absolute Gasteiger partial charge is 0.347 e. The lowest BCUT2D eigenvalue weighted by Crippen LogP contribution is -2.23. The number of methoxy groups -OCH3 is 1. The molecule has 1 aliphatic heterocycles. The summed E-state index contributed by atoms with van der Waals surface area (Å²) in [5.74, 6) is -0.720. The monoisotopic (exact) mass is 502 g/mol. The lowest BCUT2D eigenvalue weighted by atomic mass is 9.93. The van der Waals surface area contributed by atoms with Gasteiger partial charge in [-0.1, -0.05) is 18.9 Å². The fourth-order valence-corrected chi connectivity index (χ4v) is 6.56. The van der Waals surface area contributed by atoms with E-state index in [0.717, 1.165) is 31.2 Å². The average molecular weight is 503 g/mol. The van der Waals surface area contributed by atoms with Crippen molar-refractivity contribution in [2.75, 3.05) is 31.7 Å². The molecule has 35 heavy (non-hydrogen) atoms. The fraction of sp³-hybridized carbons (Fsp3) is 0.500. The fourth-order valence-electron chi connectivity index (χ4n) is 5.27. The van der Waals surface area contributed by atoms with Crippen LogP contribution < -0.4 is 4.90 Å². The number of hydrogen-bond acceptors (Lipinski definition) is 8. The summed E-state index contributed by atoms with van der Waals surface area (Å²) >= 11 is 1.17. The van der Waals surface area contributed by atoms with Crippen molar-refractivity contribution in [1.82, 2.24) is 9.55 Å². The molecule has 0 bridgehead atoms. The minimum atomic E-state index is -0.924. The van der Waals surface area contributed by atoms with Gasteiger partial charge >= 0.3 is 11.7 Å². The molecule has 1 saturated carbocycles. The highest BCUT2D eigenvalue weighted by molar-refractivity contribution is 7.20. The highest BCUT2D eigenvalue weighted by atomic mass is 32.1. The minimum Gasteiger partial charge on any atom is -0.465 e. The van der Waals surface area contributed by atoms with Crippen molar-refractivity contribution in [3.8, 4) is 10.4 Å². The molecule has 3 atom stereocenters. The largest absolute Gasteiger partial charge is 0.465 e. The van der Waals surface area contributed by atoms with Crippen molar-refractivity contribution in [3.05, 3.63) is 40.2 Å². The van der Waals surface area contributed by atoms with Crippen LogP contribution in [0.4, 0.5) is 15.1 Å². The molecule has 0 spiro atoms. The number of ether oxygens (including phenoxy) is 1. The first-order chi connectivity index (χ1) is 16.9. The van der Waals surface area contributed by atoms with Crippen LogP contribution >= 0.6 is 11.3 Å². The quantitative estimate of drug-likeness (QED) is 0.295. The minimum absolute atomic E-state index is 0.0183. The van der Waals surface area contributed by atoms with Gasteiger partial charge in [0.15, 0.2) is 5.56 Å². The maximum Gasteiger partial charge on any atom is 0.347 e. The number of alkyl halides is 1. The third-order valence-electron chi connectivity index (χ3n) is 7.11. The van der Waals surface area contributed by atoms with Crippen LogP contribution in [-0.4, -0.2) is 58.5 Å². The van der Waals surface area contributed by atoms with E-state index in [0.29, 0.717) is 40.5 Å². The van der Waals surface area contributed by atoms with Crippen molar-refractivity contribution < 1.29 is 24.0 Å². The van der Waals surface area contributed by atoms with Gasteiger partial charge in [0, 0.05) is 31.2 Å². The van der Waals surface area contributed by atoms with Crippen LogP contribution in [0.15, 0.2) is 24.5 Å². The van der Waals surface area contributed by atoms with Crippen LogP contribution in [0, 0.1) is 16.0 Å². The summed E-state index contributed by atoms with van der Waals surface area (Å²) < 4.78 is 21.4. The molecule has 1 aromatic carbocycles. The summed E-state index contributed by atoms with van der Waals surface area (Å²) in [5.41, 5.74) is 1.60. The maximum atomic E-state index is 14.6. The van der Waals surface area contributed by atoms with E-state index in [1.54, 1.807) is 18.5 Å². The van der Waals surface area contributed by atoms with Gasteiger partial charge in [0.1, 0.15) is 16.0 Å². The number of aromatic nitrogens is 2. The second-order valence-corrected chi connectivity index (χ2v) is 10.2. The summed E-state index contributed by atoms with van der Waals surface area (Å²) in [6.07, 6.45) is 4.60. The zero-order valence-electron chi connectivity index (χ0n) is 19.4. The molecule has 3 heterocycles. The van der Waals surface area contributed by atoms with Gasteiger partial charge in [-0.3, -0.25) is 10.1 Å². The van der Waals surface area contributed by atoms with E-state index in [1.807, 2.05) is 15.5 Å². The first kappa shape index (κ1) is 23.7. The lowest BCUT2D eigenvalue weighted by Gasteiger charge is -2.27. The van der Waals surface area contributed by atoms with E-state index in [2.05, 4.69) is 4.98 Å². The third-order valence-corrected chi connectivity index (χ3v) is 8.40. The molecule has 5 rings (SSSR count). The molecular formula is C24H27FN4O5S. The molecule has 1 saturated heterocycles. The molecule has 2 fully saturated rings. The Bertz CT molecular complexity index is 1270. The first-order valence-electron chi connectivity index (χ1n) is 11.8. The number of aliphatic hydroxyl groups is 1. The molecule has 186 valence electrons. The van der Waals surface area contributed by atoms with Crippen LogP contribution in [0.2, 0.25) is 0 Å². The van der Waals surface area contributed by atoms with E-state index < -0.39 is 17.1 Å². The summed E-state index contributed by atoms with van der Waals surface area (Å²) in [5, 5.41) is 22.2. The Hall–Kier alpha value is -3.05. The van der Waals surface area contributed by atoms with Gasteiger partial charge in [0.25, 0.3) is 0 Å². The third kappa shape index (κ3) is 4.16.